The van der Waals surface area contributed by atoms with Crippen molar-refractivity contribution >= 4 is 44.3 Å². The zero-order valence-electron chi connectivity index (χ0n) is 21.7. The number of aliphatic carboxylic acids is 1. The fourth-order valence-corrected chi connectivity index (χ4v) is 4.57. The van der Waals surface area contributed by atoms with Gasteiger partial charge in [0, 0.05) is 11.1 Å². The fourth-order valence-electron chi connectivity index (χ4n) is 3.55. The summed E-state index contributed by atoms with van der Waals surface area (Å²) in [5.74, 6) is -2.51. The maximum Gasteiger partial charge on any atom is 0.490 e. The number of fused-ring (bicyclic) bond motifs is 1. The number of halogens is 3. The highest BCUT2D eigenvalue weighted by Crippen LogP contribution is 2.29. The van der Waals surface area contributed by atoms with Gasteiger partial charge in [-0.05, 0) is 61.4 Å². The van der Waals surface area contributed by atoms with Gasteiger partial charge in [0.2, 0.25) is 0 Å². The average Bonchev–Trinajstić information content (AvgIpc) is 3.28. The number of amides is 1. The average molecular weight is 594 g/mol. The molecule has 0 spiro atoms. The Labute approximate surface area is 232 Å². The molecule has 0 saturated heterocycles. The molecule has 0 saturated carbocycles. The van der Waals surface area contributed by atoms with E-state index in [0.29, 0.717) is 34.9 Å². The van der Waals surface area contributed by atoms with E-state index >= 15 is 0 Å². The van der Waals surface area contributed by atoms with Crippen LogP contribution in [0, 0.1) is 6.92 Å². The summed E-state index contributed by atoms with van der Waals surface area (Å²) in [7, 11) is -4.07. The molecule has 0 aliphatic rings. The van der Waals surface area contributed by atoms with Gasteiger partial charge in [-0.2, -0.15) is 18.3 Å². The van der Waals surface area contributed by atoms with Crippen molar-refractivity contribution in [3.63, 3.8) is 0 Å². The summed E-state index contributed by atoms with van der Waals surface area (Å²) in [6.45, 7) is 4.22. The molecule has 15 heteroatoms. The van der Waals surface area contributed by atoms with E-state index in [1.165, 1.54) is 12.1 Å². The minimum Gasteiger partial charge on any atom is -0.494 e. The Bertz CT molecular complexity index is 1640. The molecular formula is C26H26F3N5O6S. The fraction of sp³-hybridized carbons (Fsp3) is 0.192. The molecule has 1 amide bonds. The molecule has 0 radical (unpaired) electrons. The van der Waals surface area contributed by atoms with E-state index in [1.54, 1.807) is 48.5 Å². The number of anilines is 2. The van der Waals surface area contributed by atoms with Crippen LogP contribution < -0.4 is 20.5 Å². The van der Waals surface area contributed by atoms with Crippen molar-refractivity contribution in [1.82, 2.24) is 14.9 Å². The summed E-state index contributed by atoms with van der Waals surface area (Å²) in [6.07, 6.45) is -5.08. The van der Waals surface area contributed by atoms with E-state index in [2.05, 4.69) is 20.2 Å². The van der Waals surface area contributed by atoms with Gasteiger partial charge >= 0.3 is 12.1 Å². The maximum atomic E-state index is 13.3. The first-order valence-corrected chi connectivity index (χ1v) is 13.4. The van der Waals surface area contributed by atoms with Crippen LogP contribution in [0.4, 0.5) is 24.7 Å². The predicted molar refractivity (Wildman–Crippen MR) is 145 cm³/mol. The van der Waals surface area contributed by atoms with Crippen LogP contribution in [0.25, 0.3) is 10.9 Å². The Morgan fingerprint density at radius 3 is 2.37 bits per heavy atom. The zero-order chi connectivity index (χ0) is 30.4. The first-order chi connectivity index (χ1) is 19.2. The number of sulfonamides is 1. The molecule has 0 fully saturated rings. The van der Waals surface area contributed by atoms with Crippen LogP contribution in [0.1, 0.15) is 24.1 Å². The van der Waals surface area contributed by atoms with E-state index in [0.717, 1.165) is 10.9 Å². The van der Waals surface area contributed by atoms with Gasteiger partial charge in [0.15, 0.2) is 5.82 Å². The molecule has 1 heterocycles. The Morgan fingerprint density at radius 2 is 1.76 bits per heavy atom. The summed E-state index contributed by atoms with van der Waals surface area (Å²) >= 11 is 0. The lowest BCUT2D eigenvalue weighted by atomic mass is 10.0. The number of carboxylic acids is 1. The van der Waals surface area contributed by atoms with Crippen LogP contribution in [0.15, 0.2) is 71.6 Å². The summed E-state index contributed by atoms with van der Waals surface area (Å²) in [5, 5.41) is 17.8. The molecule has 0 aliphatic heterocycles. The Kier molecular flexibility index (Phi) is 9.44. The molecule has 0 aliphatic carbocycles. The minimum atomic E-state index is -5.08. The van der Waals surface area contributed by atoms with E-state index in [1.807, 2.05) is 19.9 Å². The monoisotopic (exact) mass is 593 g/mol. The highest BCUT2D eigenvalue weighted by molar-refractivity contribution is 7.90. The van der Waals surface area contributed by atoms with Gasteiger partial charge in [-0.25, -0.2) is 17.9 Å². The van der Waals surface area contributed by atoms with Crippen LogP contribution in [-0.2, 0) is 19.6 Å². The third kappa shape index (κ3) is 7.88. The number of aryl methyl sites for hydroxylation is 1. The first kappa shape index (κ1) is 30.7. The molecule has 4 aromatic rings. The van der Waals surface area contributed by atoms with Crippen LogP contribution in [0.3, 0.4) is 0 Å². The molecule has 6 N–H and O–H groups in total. The molecule has 4 rings (SSSR count). The van der Waals surface area contributed by atoms with Crippen molar-refractivity contribution in [3.8, 4) is 5.75 Å². The number of carbonyl (C=O) groups is 2. The number of alkyl halides is 3. The second-order valence-electron chi connectivity index (χ2n) is 8.49. The number of hydrogen-bond donors (Lipinski definition) is 5. The Morgan fingerprint density at radius 1 is 1.10 bits per heavy atom. The van der Waals surface area contributed by atoms with Gasteiger partial charge in [-0.1, -0.05) is 30.3 Å². The van der Waals surface area contributed by atoms with E-state index in [4.69, 9.17) is 20.4 Å². The summed E-state index contributed by atoms with van der Waals surface area (Å²) < 4.78 is 65.2. The second kappa shape index (κ2) is 12.6. The van der Waals surface area contributed by atoms with E-state index in [-0.39, 0.29) is 4.90 Å². The quantitative estimate of drug-likeness (QED) is 0.201. The van der Waals surface area contributed by atoms with Crippen molar-refractivity contribution in [2.45, 2.75) is 31.0 Å². The van der Waals surface area contributed by atoms with Crippen molar-refractivity contribution in [2.75, 3.05) is 17.7 Å². The van der Waals surface area contributed by atoms with Crippen LogP contribution in [-0.4, -0.2) is 48.4 Å². The summed E-state index contributed by atoms with van der Waals surface area (Å²) in [5.41, 5.74) is 8.54. The first-order valence-electron chi connectivity index (χ1n) is 11.9. The van der Waals surface area contributed by atoms with Crippen molar-refractivity contribution in [1.29, 1.82) is 0 Å². The third-order valence-electron chi connectivity index (χ3n) is 5.54. The normalized spacial score (nSPS) is 12.1. The number of hydrogen-bond acceptors (Lipinski definition) is 8. The number of benzene rings is 3. The number of nitrogen functional groups attached to an aromatic ring is 1. The highest BCUT2D eigenvalue weighted by Gasteiger charge is 2.38. The second-order valence-corrected chi connectivity index (χ2v) is 10.2. The van der Waals surface area contributed by atoms with Gasteiger partial charge in [-0.15, -0.1) is 0 Å². The molecule has 218 valence electrons. The summed E-state index contributed by atoms with van der Waals surface area (Å²) in [6, 6.07) is 17.3. The van der Waals surface area contributed by atoms with Gasteiger partial charge in [0.1, 0.15) is 11.8 Å². The number of nitrogens with one attached hydrogen (secondary N) is 3. The molecular weight excluding hydrogens is 567 g/mol. The minimum absolute atomic E-state index is 0.00429. The highest BCUT2D eigenvalue weighted by atomic mass is 32.2. The lowest BCUT2D eigenvalue weighted by molar-refractivity contribution is -0.192. The van der Waals surface area contributed by atoms with Crippen molar-refractivity contribution in [2.24, 2.45) is 0 Å². The van der Waals surface area contributed by atoms with Crippen molar-refractivity contribution < 1.29 is 41.0 Å². The number of H-pyrrole nitrogens is 1. The Hall–Kier alpha value is -4.79. The molecule has 41 heavy (non-hydrogen) atoms. The molecule has 1 atom stereocenters. The number of nitrogens with zero attached hydrogens (tertiary/aromatic N) is 1. The van der Waals surface area contributed by atoms with Gasteiger partial charge in [0.25, 0.3) is 15.9 Å². The van der Waals surface area contributed by atoms with E-state index in [9.17, 15) is 26.4 Å². The molecule has 3 aromatic carbocycles. The van der Waals surface area contributed by atoms with Crippen LogP contribution in [0.5, 0.6) is 5.75 Å². The number of aromatic nitrogens is 2. The molecule has 1 unspecified atom stereocenters. The lowest BCUT2D eigenvalue weighted by Gasteiger charge is -2.21. The number of carboxylic acid groups (broad SMARTS) is 1. The SMILES string of the molecule is CCOc1cc(C(Nc2ccc3c(N)n[nH]c3c2)C(=O)NS(=O)(=O)c2ccccc2)ccc1C.O=C(O)C(F)(F)F. The Balaban J connectivity index is 0.000000587. The predicted octanol–water partition coefficient (Wildman–Crippen LogP) is 4.14. The lowest BCUT2D eigenvalue weighted by Crippen LogP contribution is -2.37. The number of nitrogens with two attached hydrogens (primary N) is 1. The standard InChI is InChI=1S/C24H25N5O4S.C2HF3O2/c1-3-33-21-13-16(10-9-15(21)2)22(24(30)29-34(31,32)18-7-5-4-6-8-18)26-17-11-12-19-20(14-17)27-28-23(19)25;3-2(4,5)1(6)7/h4-14,22,26H,3H2,1-2H3,(H,29,30)(H3,25,27,28);(H,6,7). The number of ether oxygens (including phenoxy) is 1. The van der Waals surface area contributed by atoms with Gasteiger partial charge < -0.3 is 20.9 Å². The smallest absolute Gasteiger partial charge is 0.490 e. The number of aromatic amines is 1. The topological polar surface area (TPSA) is 176 Å². The largest absolute Gasteiger partial charge is 0.494 e. The maximum absolute atomic E-state index is 13.3. The van der Waals surface area contributed by atoms with Gasteiger partial charge in [-0.3, -0.25) is 9.89 Å². The molecule has 1 aromatic heterocycles. The summed E-state index contributed by atoms with van der Waals surface area (Å²) in [4.78, 5) is 22.2. The molecule has 0 bridgehead atoms. The van der Waals surface area contributed by atoms with Crippen molar-refractivity contribution in [3.05, 3.63) is 77.9 Å². The van der Waals surface area contributed by atoms with E-state index < -0.39 is 34.1 Å². The zero-order valence-corrected chi connectivity index (χ0v) is 22.5. The van der Waals surface area contributed by atoms with Crippen LogP contribution in [0.2, 0.25) is 0 Å². The van der Waals surface area contributed by atoms with Gasteiger partial charge in [0.05, 0.1) is 17.0 Å². The van der Waals surface area contributed by atoms with Crippen LogP contribution >= 0.6 is 0 Å². The molecule has 11 nitrogen and oxygen atoms in total. The number of carbonyl (C=O) groups excluding carboxylic acids is 1. The third-order valence-corrected chi connectivity index (χ3v) is 6.90. The number of rotatable bonds is 8.